The molecule has 10 nitrogen and oxygen atoms in total. The van der Waals surface area contributed by atoms with Crippen LogP contribution in [0.25, 0.3) is 11.1 Å². The lowest BCUT2D eigenvalue weighted by molar-refractivity contribution is -0.159. The lowest BCUT2D eigenvalue weighted by Crippen LogP contribution is -2.60. The number of hydrogen-bond acceptors (Lipinski definition) is 7. The van der Waals surface area contributed by atoms with Gasteiger partial charge < -0.3 is 20.9 Å². The highest BCUT2D eigenvalue weighted by molar-refractivity contribution is 5.90. The fourth-order valence-corrected chi connectivity index (χ4v) is 4.52. The molecule has 0 aliphatic carbocycles. The van der Waals surface area contributed by atoms with E-state index in [9.17, 15) is 24.3 Å². The number of hydrogen-bond donors (Lipinski definition) is 4. The fraction of sp³-hybridized carbons (Fsp3) is 0.467. The molecule has 2 amide bonds. The third kappa shape index (κ3) is 8.37. The van der Waals surface area contributed by atoms with E-state index >= 15 is 0 Å². The second-order valence-corrected chi connectivity index (χ2v) is 10.6. The van der Waals surface area contributed by atoms with E-state index in [2.05, 4.69) is 16.8 Å². The summed E-state index contributed by atoms with van der Waals surface area (Å²) in [5.74, 6) is -2.90. The van der Waals surface area contributed by atoms with Crippen LogP contribution in [0, 0.1) is 5.92 Å². The molecule has 40 heavy (non-hydrogen) atoms. The number of ether oxygens (including phenoxy) is 1. The van der Waals surface area contributed by atoms with Crippen molar-refractivity contribution in [1.82, 2.24) is 15.8 Å². The zero-order chi connectivity index (χ0) is 29.4. The lowest BCUT2D eigenvalue weighted by Gasteiger charge is -2.34. The van der Waals surface area contributed by atoms with E-state index in [-0.39, 0.29) is 18.4 Å². The summed E-state index contributed by atoms with van der Waals surface area (Å²) in [6, 6.07) is 14.2. The lowest BCUT2D eigenvalue weighted by atomic mass is 9.99. The third-order valence-corrected chi connectivity index (χ3v) is 6.92. The monoisotopic (exact) mass is 552 g/mol. The Balaban J connectivity index is 1.52. The molecular formula is C30H40N4O6. The van der Waals surface area contributed by atoms with Crippen LogP contribution in [0.3, 0.4) is 0 Å². The van der Waals surface area contributed by atoms with Crippen LogP contribution in [-0.2, 0) is 30.3 Å². The predicted molar refractivity (Wildman–Crippen MR) is 151 cm³/mol. The van der Waals surface area contributed by atoms with E-state index in [0.29, 0.717) is 25.8 Å². The highest BCUT2D eigenvalue weighted by Gasteiger charge is 2.33. The van der Waals surface area contributed by atoms with Gasteiger partial charge >= 0.3 is 11.9 Å². The van der Waals surface area contributed by atoms with E-state index in [1.807, 2.05) is 49.4 Å². The summed E-state index contributed by atoms with van der Waals surface area (Å²) in [4.78, 5) is 49.6. The van der Waals surface area contributed by atoms with Crippen LogP contribution in [0.15, 0.2) is 48.5 Å². The van der Waals surface area contributed by atoms with E-state index in [0.717, 1.165) is 22.3 Å². The Bertz CT molecular complexity index is 1200. The Hall–Kier alpha value is -3.76. The summed E-state index contributed by atoms with van der Waals surface area (Å²) in [6.07, 6.45) is 0.428. The molecule has 2 aromatic rings. The van der Waals surface area contributed by atoms with E-state index in [1.165, 1.54) is 11.9 Å². The van der Waals surface area contributed by atoms with Gasteiger partial charge in [0.25, 0.3) is 11.8 Å². The zero-order valence-electron chi connectivity index (χ0n) is 23.6. The van der Waals surface area contributed by atoms with Gasteiger partial charge in [-0.1, -0.05) is 56.3 Å². The molecule has 0 bridgehead atoms. The average molecular weight is 553 g/mol. The second kappa shape index (κ2) is 14.0. The van der Waals surface area contributed by atoms with E-state index in [1.54, 1.807) is 13.8 Å². The largest absolute Gasteiger partial charge is 0.480 e. The first kappa shape index (κ1) is 30.8. The Labute approximate surface area is 235 Å². The molecule has 3 rings (SSSR count). The van der Waals surface area contributed by atoms with Crippen LogP contribution in [0.5, 0.6) is 0 Å². The van der Waals surface area contributed by atoms with Crippen LogP contribution in [0.1, 0.15) is 64.1 Å². The summed E-state index contributed by atoms with van der Waals surface area (Å²) in [6.45, 7) is 7.31. The van der Waals surface area contributed by atoms with Crippen LogP contribution in [0.2, 0.25) is 0 Å². The van der Waals surface area contributed by atoms with Gasteiger partial charge in [-0.05, 0) is 67.3 Å². The van der Waals surface area contributed by atoms with Crippen molar-refractivity contribution in [3.05, 3.63) is 59.7 Å². The summed E-state index contributed by atoms with van der Waals surface area (Å²) in [5, 5.41) is 13.1. The maximum absolute atomic E-state index is 12.9. The number of carbonyl (C=O) groups excluding carboxylic acids is 3. The van der Waals surface area contributed by atoms with Crippen molar-refractivity contribution in [2.24, 2.45) is 11.7 Å². The number of nitrogens with one attached hydrogen (secondary N) is 2. The van der Waals surface area contributed by atoms with Gasteiger partial charge in [0.05, 0.1) is 0 Å². The molecule has 0 saturated carbocycles. The van der Waals surface area contributed by atoms with Gasteiger partial charge in [-0.25, -0.2) is 5.43 Å². The van der Waals surface area contributed by atoms with Crippen molar-refractivity contribution in [3.8, 4) is 11.1 Å². The number of nitrogens with zero attached hydrogens (tertiary/aromatic N) is 1. The number of aliphatic carboxylic acids is 1. The molecule has 4 atom stereocenters. The normalized spacial score (nSPS) is 17.6. The molecule has 1 fully saturated rings. The quantitative estimate of drug-likeness (QED) is 0.311. The molecule has 2 aromatic carbocycles. The Morgan fingerprint density at radius 2 is 1.77 bits per heavy atom. The first-order valence-corrected chi connectivity index (χ1v) is 13.7. The van der Waals surface area contributed by atoms with Gasteiger partial charge in [-0.2, -0.15) is 0 Å². The number of carboxylic acid groups (broad SMARTS) is 1. The maximum atomic E-state index is 12.9. The first-order chi connectivity index (χ1) is 19.0. The number of hydrazine groups is 1. The summed E-state index contributed by atoms with van der Waals surface area (Å²) >= 11 is 0. The number of rotatable bonds is 11. The minimum absolute atomic E-state index is 0.0519. The molecule has 1 saturated heterocycles. The fourth-order valence-electron chi connectivity index (χ4n) is 4.52. The third-order valence-electron chi connectivity index (χ3n) is 6.92. The van der Waals surface area contributed by atoms with Gasteiger partial charge in [0, 0.05) is 19.0 Å². The summed E-state index contributed by atoms with van der Waals surface area (Å²) in [7, 11) is 0. The number of esters is 1. The SMILES string of the molecule is CC(C)[C@H](OC(=O)CCc1ccc(-c2cccc([C@@H](C)N)c2)cc1)C(=O)N[C@@H](C)C(=O)N1CCC[C@@H](C(=O)O)N1. The zero-order valence-corrected chi connectivity index (χ0v) is 23.6. The molecule has 0 radical (unpaired) electrons. The van der Waals surface area contributed by atoms with Crippen molar-refractivity contribution in [1.29, 1.82) is 0 Å². The number of aryl methyl sites for hydroxylation is 1. The molecule has 0 unspecified atom stereocenters. The molecule has 1 aliphatic heterocycles. The van der Waals surface area contributed by atoms with Crippen molar-refractivity contribution in [2.45, 2.75) is 77.6 Å². The molecule has 216 valence electrons. The molecular weight excluding hydrogens is 512 g/mol. The first-order valence-electron chi connectivity index (χ1n) is 13.7. The number of carboxylic acids is 1. The van der Waals surface area contributed by atoms with Gasteiger partial charge in [-0.15, -0.1) is 0 Å². The topological polar surface area (TPSA) is 151 Å². The van der Waals surface area contributed by atoms with Crippen molar-refractivity contribution < 1.29 is 29.0 Å². The van der Waals surface area contributed by atoms with Gasteiger partial charge in [0.2, 0.25) is 0 Å². The van der Waals surface area contributed by atoms with Crippen LogP contribution >= 0.6 is 0 Å². The Morgan fingerprint density at radius 1 is 1.07 bits per heavy atom. The summed E-state index contributed by atoms with van der Waals surface area (Å²) in [5.41, 5.74) is 12.8. The van der Waals surface area contributed by atoms with Gasteiger partial charge in [0.1, 0.15) is 12.1 Å². The average Bonchev–Trinajstić information content (AvgIpc) is 2.94. The minimum Gasteiger partial charge on any atom is -0.480 e. The Morgan fingerprint density at radius 3 is 2.40 bits per heavy atom. The predicted octanol–water partition coefficient (Wildman–Crippen LogP) is 2.96. The minimum atomic E-state index is -1.07. The number of amides is 2. The molecule has 0 spiro atoms. The number of carbonyl (C=O) groups is 4. The Kier molecular flexibility index (Phi) is 10.8. The van der Waals surface area contributed by atoms with Gasteiger partial charge in [0.15, 0.2) is 6.10 Å². The van der Waals surface area contributed by atoms with Crippen LogP contribution in [-0.4, -0.2) is 58.6 Å². The highest BCUT2D eigenvalue weighted by atomic mass is 16.5. The second-order valence-electron chi connectivity index (χ2n) is 10.6. The summed E-state index contributed by atoms with van der Waals surface area (Å²) < 4.78 is 5.52. The van der Waals surface area contributed by atoms with E-state index in [4.69, 9.17) is 10.5 Å². The van der Waals surface area contributed by atoms with Crippen molar-refractivity contribution >= 4 is 23.8 Å². The molecule has 0 aromatic heterocycles. The highest BCUT2D eigenvalue weighted by Crippen LogP contribution is 2.23. The standard InChI is InChI=1S/C30H40N4O6/c1-18(2)27(28(36)32-20(4)29(37)34-16-6-9-25(33-34)30(38)39)40-26(35)15-12-21-10-13-22(14-11-21)24-8-5-7-23(17-24)19(3)31/h5,7-8,10-11,13-14,17-20,25,27,33H,6,9,12,15-16,31H2,1-4H3,(H,32,36)(H,38,39)/t19-,20+,25+,27+/m1/s1. The van der Waals surface area contributed by atoms with Gasteiger partial charge in [-0.3, -0.25) is 24.2 Å². The van der Waals surface area contributed by atoms with Crippen LogP contribution < -0.4 is 16.5 Å². The number of nitrogens with two attached hydrogens (primary N) is 1. The number of benzene rings is 2. The van der Waals surface area contributed by atoms with E-state index < -0.39 is 41.9 Å². The smallest absolute Gasteiger partial charge is 0.322 e. The molecule has 5 N–H and O–H groups in total. The maximum Gasteiger partial charge on any atom is 0.322 e. The van der Waals surface area contributed by atoms with Crippen LogP contribution in [0.4, 0.5) is 0 Å². The molecule has 1 aliphatic rings. The van der Waals surface area contributed by atoms with Crippen molar-refractivity contribution in [3.63, 3.8) is 0 Å². The molecule has 10 heteroatoms. The molecule has 1 heterocycles. The van der Waals surface area contributed by atoms with Crippen molar-refractivity contribution in [2.75, 3.05) is 6.54 Å².